The number of amides is 2. The van der Waals surface area contributed by atoms with E-state index in [2.05, 4.69) is 5.32 Å². The highest BCUT2D eigenvalue weighted by atomic mass is 35.5. The standard InChI is InChI=1S/C29H40ClN3O5S/c1-4-26(29(35)31-23-14-9-6-10-15-23)32(21-22-12-7-5-8-13-22)28(34)16-11-19-33(39(3,36)37)24-17-18-27(38-2)25(30)20-24/h5,7-8,12-13,17-18,20,23,26H,4,6,9-11,14-16,19,21H2,1-3H3,(H,31,35). The van der Waals surface area contributed by atoms with Crippen molar-refractivity contribution in [2.75, 3.05) is 24.2 Å². The van der Waals surface area contributed by atoms with Crippen LogP contribution in [0.4, 0.5) is 5.69 Å². The lowest BCUT2D eigenvalue weighted by Crippen LogP contribution is -2.51. The third kappa shape index (κ3) is 8.86. The van der Waals surface area contributed by atoms with Crippen molar-refractivity contribution in [3.63, 3.8) is 0 Å². The molecule has 1 N–H and O–H groups in total. The van der Waals surface area contributed by atoms with Gasteiger partial charge in [0.2, 0.25) is 21.8 Å². The number of hydrogen-bond donors (Lipinski definition) is 1. The second-order valence-corrected chi connectivity index (χ2v) is 12.3. The van der Waals surface area contributed by atoms with E-state index in [0.717, 1.165) is 37.5 Å². The van der Waals surface area contributed by atoms with Crippen molar-refractivity contribution in [2.45, 2.75) is 76.9 Å². The number of anilines is 1. The number of nitrogens with one attached hydrogen (secondary N) is 1. The van der Waals surface area contributed by atoms with Gasteiger partial charge in [0.15, 0.2) is 0 Å². The summed E-state index contributed by atoms with van der Waals surface area (Å²) in [4.78, 5) is 28.6. The molecule has 0 radical (unpaired) electrons. The predicted octanol–water partition coefficient (Wildman–Crippen LogP) is 5.15. The van der Waals surface area contributed by atoms with Crippen LogP contribution < -0.4 is 14.4 Å². The SMILES string of the molecule is CCC(C(=O)NC1CCCCC1)N(Cc1ccccc1)C(=O)CCCN(c1ccc(OC)c(Cl)c1)S(C)(=O)=O. The van der Waals surface area contributed by atoms with Gasteiger partial charge in [-0.1, -0.05) is 68.1 Å². The average Bonchev–Trinajstić information content (AvgIpc) is 2.91. The lowest BCUT2D eigenvalue weighted by Gasteiger charge is -2.33. The van der Waals surface area contributed by atoms with Gasteiger partial charge in [0, 0.05) is 25.6 Å². The van der Waals surface area contributed by atoms with Crippen molar-refractivity contribution in [1.29, 1.82) is 0 Å². The number of carbonyl (C=O) groups excluding carboxylic acids is 2. The Morgan fingerprint density at radius 3 is 2.38 bits per heavy atom. The van der Waals surface area contributed by atoms with Crippen LogP contribution in [0.15, 0.2) is 48.5 Å². The first-order valence-corrected chi connectivity index (χ1v) is 15.8. The third-order valence-corrected chi connectivity index (χ3v) is 8.60. The third-order valence-electron chi connectivity index (χ3n) is 7.11. The first-order valence-electron chi connectivity index (χ1n) is 13.6. The number of halogens is 1. The van der Waals surface area contributed by atoms with Gasteiger partial charge in [-0.2, -0.15) is 0 Å². The maximum Gasteiger partial charge on any atom is 0.243 e. The van der Waals surface area contributed by atoms with E-state index in [1.807, 2.05) is 37.3 Å². The van der Waals surface area contributed by atoms with Crippen molar-refractivity contribution < 1.29 is 22.7 Å². The molecule has 8 nitrogen and oxygen atoms in total. The van der Waals surface area contributed by atoms with E-state index in [1.54, 1.807) is 17.0 Å². The fourth-order valence-electron chi connectivity index (χ4n) is 5.06. The number of benzene rings is 2. The number of ether oxygens (including phenoxy) is 1. The molecule has 3 rings (SSSR count). The van der Waals surface area contributed by atoms with Gasteiger partial charge >= 0.3 is 0 Å². The highest BCUT2D eigenvalue weighted by molar-refractivity contribution is 7.92. The van der Waals surface area contributed by atoms with Crippen LogP contribution in [-0.2, 0) is 26.2 Å². The minimum atomic E-state index is -3.63. The monoisotopic (exact) mass is 577 g/mol. The Bertz CT molecular complexity index is 1200. The quantitative estimate of drug-likeness (QED) is 0.355. The fourth-order valence-corrected chi connectivity index (χ4v) is 6.27. The molecule has 1 unspecified atom stereocenters. The normalized spacial score (nSPS) is 14.9. The van der Waals surface area contributed by atoms with Crippen molar-refractivity contribution in [3.05, 3.63) is 59.1 Å². The summed E-state index contributed by atoms with van der Waals surface area (Å²) in [5.41, 5.74) is 1.33. The molecular weight excluding hydrogens is 538 g/mol. The molecule has 0 aromatic heterocycles. The van der Waals surface area contributed by atoms with Crippen molar-refractivity contribution in [1.82, 2.24) is 10.2 Å². The van der Waals surface area contributed by atoms with E-state index in [-0.39, 0.29) is 37.2 Å². The van der Waals surface area contributed by atoms with Crippen LogP contribution in [-0.4, -0.2) is 57.1 Å². The fraction of sp³-hybridized carbons (Fsp3) is 0.517. The molecule has 39 heavy (non-hydrogen) atoms. The lowest BCUT2D eigenvalue weighted by molar-refractivity contribution is -0.141. The summed E-state index contributed by atoms with van der Waals surface area (Å²) in [6.07, 6.45) is 7.30. The van der Waals surface area contributed by atoms with Gasteiger partial charge in [0.25, 0.3) is 0 Å². The molecule has 214 valence electrons. The summed E-state index contributed by atoms with van der Waals surface area (Å²) in [7, 11) is -2.14. The van der Waals surface area contributed by atoms with Gasteiger partial charge in [0.05, 0.1) is 24.1 Å². The Morgan fingerprint density at radius 1 is 1.10 bits per heavy atom. The summed E-state index contributed by atoms with van der Waals surface area (Å²) in [5, 5.41) is 3.47. The van der Waals surface area contributed by atoms with Crippen LogP contribution in [0, 0.1) is 0 Å². The Balaban J connectivity index is 1.74. The molecule has 10 heteroatoms. The van der Waals surface area contributed by atoms with Crippen LogP contribution in [0.5, 0.6) is 5.75 Å². The molecule has 1 aliphatic rings. The van der Waals surface area contributed by atoms with Crippen molar-refractivity contribution in [2.24, 2.45) is 0 Å². The van der Waals surface area contributed by atoms with Crippen molar-refractivity contribution in [3.8, 4) is 5.75 Å². The summed E-state index contributed by atoms with van der Waals surface area (Å²) in [6.45, 7) is 2.31. The molecule has 2 amide bonds. The number of nitrogens with zero attached hydrogens (tertiary/aromatic N) is 2. The molecular formula is C29H40ClN3O5S. The number of carbonyl (C=O) groups is 2. The molecule has 0 bridgehead atoms. The number of hydrogen-bond acceptors (Lipinski definition) is 5. The summed E-state index contributed by atoms with van der Waals surface area (Å²) >= 11 is 6.23. The zero-order chi connectivity index (χ0) is 28.4. The van der Waals surface area contributed by atoms with Crippen LogP contribution in [0.2, 0.25) is 5.02 Å². The summed E-state index contributed by atoms with van der Waals surface area (Å²) in [5.74, 6) is 0.128. The van der Waals surface area contributed by atoms with Gasteiger partial charge in [-0.25, -0.2) is 8.42 Å². The Hall–Kier alpha value is -2.78. The molecule has 1 aliphatic carbocycles. The molecule has 1 fully saturated rings. The number of rotatable bonds is 13. The topological polar surface area (TPSA) is 96.0 Å². The average molecular weight is 578 g/mol. The molecule has 1 saturated carbocycles. The van der Waals surface area contributed by atoms with Gasteiger partial charge < -0.3 is 15.0 Å². The first-order chi connectivity index (χ1) is 18.6. The maximum absolute atomic E-state index is 13.6. The van der Waals surface area contributed by atoms with Crippen LogP contribution >= 0.6 is 11.6 Å². The molecule has 0 spiro atoms. The van der Waals surface area contributed by atoms with Crippen molar-refractivity contribution >= 4 is 39.1 Å². The lowest BCUT2D eigenvalue weighted by atomic mass is 9.95. The minimum absolute atomic E-state index is 0.0932. The van der Waals surface area contributed by atoms with Crippen LogP contribution in [0.3, 0.4) is 0 Å². The number of methoxy groups -OCH3 is 1. The number of sulfonamides is 1. The zero-order valence-electron chi connectivity index (χ0n) is 23.1. The van der Waals surface area contributed by atoms with Gasteiger partial charge in [-0.3, -0.25) is 13.9 Å². The Kier molecular flexibility index (Phi) is 11.5. The first kappa shape index (κ1) is 30.8. The summed E-state index contributed by atoms with van der Waals surface area (Å²) < 4.78 is 31.6. The molecule has 2 aromatic rings. The maximum atomic E-state index is 13.6. The molecule has 2 aromatic carbocycles. The second-order valence-electron chi connectivity index (χ2n) is 10.0. The Morgan fingerprint density at radius 2 is 1.79 bits per heavy atom. The van der Waals surface area contributed by atoms with Gasteiger partial charge in [-0.15, -0.1) is 0 Å². The van der Waals surface area contributed by atoms with E-state index in [9.17, 15) is 18.0 Å². The molecule has 0 saturated heterocycles. The molecule has 0 heterocycles. The minimum Gasteiger partial charge on any atom is -0.495 e. The second kappa shape index (κ2) is 14.6. The van der Waals surface area contributed by atoms with E-state index >= 15 is 0 Å². The molecule has 0 aliphatic heterocycles. The van der Waals surface area contributed by atoms with Gasteiger partial charge in [-0.05, 0) is 49.4 Å². The Labute approximate surface area is 237 Å². The van der Waals surface area contributed by atoms with Crippen LogP contribution in [0.25, 0.3) is 0 Å². The van der Waals surface area contributed by atoms with Gasteiger partial charge in [0.1, 0.15) is 11.8 Å². The predicted molar refractivity (Wildman–Crippen MR) is 156 cm³/mol. The van der Waals surface area contributed by atoms with Crippen LogP contribution in [0.1, 0.15) is 63.9 Å². The van der Waals surface area contributed by atoms with E-state index < -0.39 is 16.1 Å². The zero-order valence-corrected chi connectivity index (χ0v) is 24.6. The smallest absolute Gasteiger partial charge is 0.243 e. The van der Waals surface area contributed by atoms with E-state index in [0.29, 0.717) is 29.4 Å². The highest BCUT2D eigenvalue weighted by Crippen LogP contribution is 2.30. The highest BCUT2D eigenvalue weighted by Gasteiger charge is 2.30. The largest absolute Gasteiger partial charge is 0.495 e. The molecule has 1 atom stereocenters. The van der Waals surface area contributed by atoms with E-state index in [4.69, 9.17) is 16.3 Å². The summed E-state index contributed by atoms with van der Waals surface area (Å²) in [6, 6.07) is 13.9. The van der Waals surface area contributed by atoms with E-state index in [1.165, 1.54) is 23.9 Å².